The summed E-state index contributed by atoms with van der Waals surface area (Å²) in [7, 11) is 0. The third kappa shape index (κ3) is 3.79. The van der Waals surface area contributed by atoms with Crippen LogP contribution >= 0.6 is 24.0 Å². The molecule has 20 heavy (non-hydrogen) atoms. The Morgan fingerprint density at radius 2 is 1.90 bits per heavy atom. The predicted octanol–water partition coefficient (Wildman–Crippen LogP) is 3.35. The Morgan fingerprint density at radius 3 is 2.50 bits per heavy atom. The zero-order chi connectivity index (χ0) is 13.8. The first-order valence-electron chi connectivity index (χ1n) is 6.29. The molecule has 1 aliphatic heterocycles. The van der Waals surface area contributed by atoms with Gasteiger partial charge in [0.1, 0.15) is 11.6 Å². The van der Waals surface area contributed by atoms with Crippen LogP contribution in [0.4, 0.5) is 13.2 Å². The second-order valence-electron chi connectivity index (χ2n) is 4.54. The number of hydrogen-bond acceptors (Lipinski definition) is 2. The molecule has 1 N–H and O–H groups in total. The summed E-state index contributed by atoms with van der Waals surface area (Å²) in [5, 5.41) is 3.03. The Morgan fingerprint density at radius 1 is 1.25 bits per heavy atom. The van der Waals surface area contributed by atoms with Crippen molar-refractivity contribution in [3.63, 3.8) is 0 Å². The molecule has 0 amide bonds. The highest BCUT2D eigenvalue weighted by Gasteiger charge is 2.28. The van der Waals surface area contributed by atoms with Crippen molar-refractivity contribution in [1.29, 1.82) is 0 Å². The maximum Gasteiger partial charge on any atom is 0.149 e. The van der Waals surface area contributed by atoms with Gasteiger partial charge in [0.05, 0.1) is 11.7 Å². The maximum atomic E-state index is 14.1. The summed E-state index contributed by atoms with van der Waals surface area (Å²) in [5.74, 6) is -1.45. The number of nitrogens with zero attached hydrogens (tertiary/aromatic N) is 1. The standard InChI is InChI=1S/C13H16ClF3N2.ClH/c14-9-1-2-10(16)12(13(9)17)11(3-4-15)19-7-5-18-6-8-19;/h1-2,11,18H,3-8H2;1H/t11-;/m1./s1. The lowest BCUT2D eigenvalue weighted by molar-refractivity contribution is 0.151. The summed E-state index contributed by atoms with van der Waals surface area (Å²) in [5.41, 5.74) is -0.118. The highest BCUT2D eigenvalue weighted by molar-refractivity contribution is 6.30. The van der Waals surface area contributed by atoms with Crippen LogP contribution in [0.1, 0.15) is 18.0 Å². The molecule has 0 aromatic heterocycles. The molecule has 1 saturated heterocycles. The lowest BCUT2D eigenvalue weighted by Crippen LogP contribution is -2.45. The number of nitrogens with one attached hydrogen (secondary N) is 1. The summed E-state index contributed by atoms with van der Waals surface area (Å²) in [6.07, 6.45) is 0.0637. The van der Waals surface area contributed by atoms with Gasteiger partial charge in [-0.1, -0.05) is 11.6 Å². The van der Waals surface area contributed by atoms with Crippen LogP contribution in [-0.4, -0.2) is 37.8 Å². The second-order valence-corrected chi connectivity index (χ2v) is 4.94. The SMILES string of the molecule is Cl.FCC[C@H](c1c(F)ccc(Cl)c1F)N1CCNCC1. The molecule has 0 saturated carbocycles. The van der Waals surface area contributed by atoms with E-state index in [1.54, 1.807) is 0 Å². The van der Waals surface area contributed by atoms with Crippen LogP contribution in [0.15, 0.2) is 12.1 Å². The van der Waals surface area contributed by atoms with Crippen molar-refractivity contribution in [3.05, 3.63) is 34.4 Å². The molecule has 0 spiro atoms. The van der Waals surface area contributed by atoms with Gasteiger partial charge in [0.2, 0.25) is 0 Å². The Bertz CT molecular complexity index is 440. The van der Waals surface area contributed by atoms with Gasteiger partial charge in [0.25, 0.3) is 0 Å². The molecular weight excluding hydrogens is 312 g/mol. The van der Waals surface area contributed by atoms with Gasteiger partial charge < -0.3 is 5.32 Å². The van der Waals surface area contributed by atoms with Gasteiger partial charge in [-0.05, 0) is 18.6 Å². The van der Waals surface area contributed by atoms with E-state index < -0.39 is 24.4 Å². The van der Waals surface area contributed by atoms with Crippen LogP contribution in [0, 0.1) is 11.6 Å². The fourth-order valence-electron chi connectivity index (χ4n) is 2.45. The zero-order valence-electron chi connectivity index (χ0n) is 10.8. The summed E-state index contributed by atoms with van der Waals surface area (Å²) < 4.78 is 40.7. The monoisotopic (exact) mass is 328 g/mol. The van der Waals surface area contributed by atoms with Crippen LogP contribution in [-0.2, 0) is 0 Å². The second kappa shape index (κ2) is 8.08. The molecule has 1 fully saturated rings. The normalized spacial score (nSPS) is 17.6. The first-order valence-corrected chi connectivity index (χ1v) is 6.67. The van der Waals surface area contributed by atoms with Crippen molar-refractivity contribution in [2.45, 2.75) is 12.5 Å². The lowest BCUT2D eigenvalue weighted by atomic mass is 10.0. The van der Waals surface area contributed by atoms with Crippen LogP contribution in [0.3, 0.4) is 0 Å². The van der Waals surface area contributed by atoms with Gasteiger partial charge in [0.15, 0.2) is 0 Å². The number of rotatable bonds is 4. The van der Waals surface area contributed by atoms with Crippen LogP contribution in [0.5, 0.6) is 0 Å². The molecule has 0 unspecified atom stereocenters. The van der Waals surface area contributed by atoms with E-state index in [-0.39, 0.29) is 29.4 Å². The quantitative estimate of drug-likeness (QED) is 0.853. The fourth-order valence-corrected chi connectivity index (χ4v) is 2.62. The molecule has 0 radical (unpaired) electrons. The Labute approximate surface area is 127 Å². The smallest absolute Gasteiger partial charge is 0.149 e. The van der Waals surface area contributed by atoms with E-state index in [9.17, 15) is 13.2 Å². The van der Waals surface area contributed by atoms with Gasteiger partial charge in [-0.25, -0.2) is 8.78 Å². The minimum absolute atomic E-state index is 0. The number of benzene rings is 1. The third-order valence-electron chi connectivity index (χ3n) is 3.39. The van der Waals surface area contributed by atoms with Crippen molar-refractivity contribution >= 4 is 24.0 Å². The molecule has 7 heteroatoms. The summed E-state index contributed by atoms with van der Waals surface area (Å²) >= 11 is 5.70. The summed E-state index contributed by atoms with van der Waals surface area (Å²) in [6.45, 7) is 2.10. The summed E-state index contributed by atoms with van der Waals surface area (Å²) in [4.78, 5) is 1.90. The minimum Gasteiger partial charge on any atom is -0.314 e. The van der Waals surface area contributed by atoms with Crippen molar-refractivity contribution in [3.8, 4) is 0 Å². The molecule has 1 aliphatic rings. The molecule has 1 aromatic rings. The van der Waals surface area contributed by atoms with E-state index in [4.69, 9.17) is 11.6 Å². The van der Waals surface area contributed by atoms with Crippen LogP contribution in [0.2, 0.25) is 5.02 Å². The molecule has 114 valence electrons. The topological polar surface area (TPSA) is 15.3 Å². The van der Waals surface area contributed by atoms with Crippen molar-refractivity contribution in [2.75, 3.05) is 32.9 Å². The van der Waals surface area contributed by atoms with Gasteiger partial charge in [-0.15, -0.1) is 12.4 Å². The first-order chi connectivity index (χ1) is 9.15. The highest BCUT2D eigenvalue weighted by atomic mass is 35.5. The number of halogens is 5. The molecular formula is C13H17Cl2F3N2. The minimum atomic E-state index is -0.779. The van der Waals surface area contributed by atoms with E-state index >= 15 is 0 Å². The average Bonchev–Trinajstić information content (AvgIpc) is 2.43. The first kappa shape index (κ1) is 17.6. The van der Waals surface area contributed by atoms with Gasteiger partial charge >= 0.3 is 0 Å². The van der Waals surface area contributed by atoms with E-state index in [2.05, 4.69) is 5.32 Å². The van der Waals surface area contributed by atoms with E-state index in [0.29, 0.717) is 13.1 Å². The average molecular weight is 329 g/mol. The fraction of sp³-hybridized carbons (Fsp3) is 0.538. The molecule has 1 atom stereocenters. The largest absolute Gasteiger partial charge is 0.314 e. The van der Waals surface area contributed by atoms with Crippen LogP contribution < -0.4 is 5.32 Å². The molecule has 2 nitrogen and oxygen atoms in total. The van der Waals surface area contributed by atoms with Crippen LogP contribution in [0.25, 0.3) is 0 Å². The molecule has 1 aromatic carbocycles. The number of hydrogen-bond donors (Lipinski definition) is 1. The van der Waals surface area contributed by atoms with Crippen molar-refractivity contribution in [1.82, 2.24) is 10.2 Å². The van der Waals surface area contributed by atoms with Gasteiger partial charge in [-0.2, -0.15) is 0 Å². The molecule has 1 heterocycles. The van der Waals surface area contributed by atoms with Crippen molar-refractivity contribution in [2.24, 2.45) is 0 Å². The summed E-state index contributed by atoms with van der Waals surface area (Å²) in [6, 6.07) is 1.71. The van der Waals surface area contributed by atoms with Crippen molar-refractivity contribution < 1.29 is 13.2 Å². The lowest BCUT2D eigenvalue weighted by Gasteiger charge is -2.35. The number of alkyl halides is 1. The maximum absolute atomic E-state index is 14.1. The zero-order valence-corrected chi connectivity index (χ0v) is 12.4. The van der Waals surface area contributed by atoms with E-state index in [1.807, 2.05) is 4.90 Å². The van der Waals surface area contributed by atoms with Gasteiger partial charge in [-0.3, -0.25) is 9.29 Å². The molecule has 0 bridgehead atoms. The predicted molar refractivity (Wildman–Crippen MR) is 76.4 cm³/mol. The van der Waals surface area contributed by atoms with E-state index in [0.717, 1.165) is 19.2 Å². The van der Waals surface area contributed by atoms with Gasteiger partial charge in [0, 0.05) is 37.8 Å². The Kier molecular flexibility index (Phi) is 7.09. The Hall–Kier alpha value is -0.490. The third-order valence-corrected chi connectivity index (χ3v) is 3.68. The Balaban J connectivity index is 0.00000200. The molecule has 0 aliphatic carbocycles. The van der Waals surface area contributed by atoms with E-state index in [1.165, 1.54) is 6.07 Å². The molecule has 2 rings (SSSR count). The highest BCUT2D eigenvalue weighted by Crippen LogP contribution is 2.32. The number of piperazine rings is 1.